The van der Waals surface area contributed by atoms with Gasteiger partial charge in [0.05, 0.1) is 20.1 Å². The zero-order valence-corrected chi connectivity index (χ0v) is 18.2. The van der Waals surface area contributed by atoms with Gasteiger partial charge in [0.15, 0.2) is 11.5 Å². The van der Waals surface area contributed by atoms with E-state index in [1.807, 2.05) is 43.3 Å². The van der Waals surface area contributed by atoms with Gasteiger partial charge in [-0.05, 0) is 36.2 Å². The third kappa shape index (κ3) is 6.92. The molecule has 0 unspecified atom stereocenters. The molecule has 0 bridgehead atoms. The van der Waals surface area contributed by atoms with Crippen LogP contribution in [-0.4, -0.2) is 45.3 Å². The number of anilines is 2. The maximum atomic E-state index is 13.1. The average Bonchev–Trinajstić information content (AvgIpc) is 2.75. The zero-order valence-electron chi connectivity index (χ0n) is 18.2. The molecule has 0 saturated carbocycles. The summed E-state index contributed by atoms with van der Waals surface area (Å²) in [4.78, 5) is 25.7. The van der Waals surface area contributed by atoms with Gasteiger partial charge in [0.1, 0.15) is 0 Å². The van der Waals surface area contributed by atoms with Crippen molar-refractivity contribution < 1.29 is 24.2 Å². The van der Waals surface area contributed by atoms with Crippen LogP contribution in [0.4, 0.5) is 11.4 Å². The van der Waals surface area contributed by atoms with Crippen LogP contribution >= 0.6 is 0 Å². The maximum absolute atomic E-state index is 13.1. The molecule has 0 heterocycles. The molecule has 7 nitrogen and oxygen atoms in total. The number of hydrogen-bond donors (Lipinski definition) is 2. The first kappa shape index (κ1) is 23.5. The Bertz CT molecular complexity index is 949. The van der Waals surface area contributed by atoms with Gasteiger partial charge in [-0.3, -0.25) is 4.79 Å². The molecule has 2 aromatic carbocycles. The molecule has 1 amide bonds. The number of hydrogen-bond acceptors (Lipinski definition) is 5. The van der Waals surface area contributed by atoms with Gasteiger partial charge in [0.2, 0.25) is 5.91 Å². The quantitative estimate of drug-likeness (QED) is 0.441. The van der Waals surface area contributed by atoms with E-state index in [2.05, 4.69) is 5.32 Å². The Balaban J connectivity index is 2.25. The number of methoxy groups -OCH3 is 2. The fraction of sp³-hybridized carbons (Fsp3) is 0.250. The number of carbonyl (C=O) groups is 2. The normalized spacial score (nSPS) is 12.0. The van der Waals surface area contributed by atoms with Gasteiger partial charge in [-0.15, -0.1) is 0 Å². The van der Waals surface area contributed by atoms with E-state index in [0.717, 1.165) is 17.3 Å². The fourth-order valence-electron chi connectivity index (χ4n) is 2.97. The molecular weight excluding hydrogens is 396 g/mol. The summed E-state index contributed by atoms with van der Waals surface area (Å²) in [6.07, 6.45) is 6.28. The minimum Gasteiger partial charge on any atom is -0.493 e. The second-order valence-corrected chi connectivity index (χ2v) is 6.96. The summed E-state index contributed by atoms with van der Waals surface area (Å²) in [6.45, 7) is 0. The zero-order chi connectivity index (χ0) is 22.8. The number of ether oxygens (including phenoxy) is 2. The highest BCUT2D eigenvalue weighted by Crippen LogP contribution is 2.31. The summed E-state index contributed by atoms with van der Waals surface area (Å²) < 4.78 is 10.5. The highest BCUT2D eigenvalue weighted by atomic mass is 16.5. The predicted molar refractivity (Wildman–Crippen MR) is 122 cm³/mol. The van der Waals surface area contributed by atoms with Gasteiger partial charge in [0.25, 0.3) is 0 Å². The van der Waals surface area contributed by atoms with E-state index in [1.54, 1.807) is 37.5 Å². The largest absolute Gasteiger partial charge is 0.493 e. The molecular formula is C24H28N2O5. The van der Waals surface area contributed by atoms with E-state index < -0.39 is 11.9 Å². The van der Waals surface area contributed by atoms with Crippen LogP contribution in [0.25, 0.3) is 0 Å². The molecule has 0 aliphatic rings. The van der Waals surface area contributed by atoms with Crippen LogP contribution in [0.1, 0.15) is 17.9 Å². The number of rotatable bonds is 10. The lowest BCUT2D eigenvalue weighted by Crippen LogP contribution is -2.21. The highest BCUT2D eigenvalue weighted by molar-refractivity contribution is 5.96. The van der Waals surface area contributed by atoms with E-state index in [0.29, 0.717) is 23.6 Å². The number of carbonyl (C=O) groups excluding carboxylic acids is 1. The SMILES string of the molecule is COc1ccc(NC(=O)[C@H](CC=CC=CC(=O)O)c2ccc(N(C)C)cc2)cc1OC. The first-order valence-corrected chi connectivity index (χ1v) is 9.72. The third-order valence-electron chi connectivity index (χ3n) is 4.64. The van der Waals surface area contributed by atoms with Crippen LogP contribution < -0.4 is 19.7 Å². The molecule has 7 heteroatoms. The number of nitrogens with one attached hydrogen (secondary N) is 1. The maximum Gasteiger partial charge on any atom is 0.328 e. The van der Waals surface area contributed by atoms with Crippen molar-refractivity contribution in [3.05, 3.63) is 72.3 Å². The highest BCUT2D eigenvalue weighted by Gasteiger charge is 2.20. The van der Waals surface area contributed by atoms with Crippen LogP contribution in [0, 0.1) is 0 Å². The lowest BCUT2D eigenvalue weighted by atomic mass is 9.94. The van der Waals surface area contributed by atoms with E-state index in [1.165, 1.54) is 13.2 Å². The van der Waals surface area contributed by atoms with E-state index in [-0.39, 0.29) is 5.91 Å². The number of aliphatic carboxylic acids is 1. The predicted octanol–water partition coefficient (Wildman–Crippen LogP) is 4.08. The van der Waals surface area contributed by atoms with Crippen molar-refractivity contribution in [1.82, 2.24) is 0 Å². The summed E-state index contributed by atoms with van der Waals surface area (Å²) in [5.41, 5.74) is 2.48. The summed E-state index contributed by atoms with van der Waals surface area (Å²) in [6, 6.07) is 12.9. The Morgan fingerprint density at radius 2 is 1.71 bits per heavy atom. The Morgan fingerprint density at radius 1 is 1.03 bits per heavy atom. The summed E-state index contributed by atoms with van der Waals surface area (Å²) in [5, 5.41) is 11.6. The number of carboxylic acid groups (broad SMARTS) is 1. The molecule has 2 rings (SSSR count). The lowest BCUT2D eigenvalue weighted by molar-refractivity contribution is -0.131. The molecule has 0 aliphatic heterocycles. The van der Waals surface area contributed by atoms with E-state index in [4.69, 9.17) is 14.6 Å². The third-order valence-corrected chi connectivity index (χ3v) is 4.64. The topological polar surface area (TPSA) is 88.1 Å². The Kier molecular flexibility index (Phi) is 8.69. The van der Waals surface area contributed by atoms with E-state index in [9.17, 15) is 9.59 Å². The summed E-state index contributed by atoms with van der Waals surface area (Å²) in [7, 11) is 6.99. The monoisotopic (exact) mass is 424 g/mol. The lowest BCUT2D eigenvalue weighted by Gasteiger charge is -2.18. The molecule has 0 saturated heterocycles. The smallest absolute Gasteiger partial charge is 0.328 e. The van der Waals surface area contributed by atoms with Crippen molar-refractivity contribution in [2.45, 2.75) is 12.3 Å². The molecule has 0 aliphatic carbocycles. The first-order chi connectivity index (χ1) is 14.8. The van der Waals surface area contributed by atoms with Crippen molar-refractivity contribution in [2.75, 3.05) is 38.5 Å². The minimum atomic E-state index is -1.02. The van der Waals surface area contributed by atoms with Gasteiger partial charge < -0.3 is 24.8 Å². The number of carboxylic acids is 1. The van der Waals surface area contributed by atoms with Crippen LogP contribution in [0.3, 0.4) is 0 Å². The standard InChI is InChI=1S/C24H28N2O5/c1-26(2)19-13-10-17(11-14-19)20(8-6-5-7-9-23(27)28)24(29)25-18-12-15-21(30-3)22(16-18)31-4/h5-7,9-16,20H,8H2,1-4H3,(H,25,29)(H,27,28)/t20-/m1/s1. The average molecular weight is 424 g/mol. The van der Waals surface area contributed by atoms with Crippen LogP contribution in [0.2, 0.25) is 0 Å². The minimum absolute atomic E-state index is 0.184. The summed E-state index contributed by atoms with van der Waals surface area (Å²) >= 11 is 0. The van der Waals surface area contributed by atoms with Crippen LogP contribution in [-0.2, 0) is 9.59 Å². The van der Waals surface area contributed by atoms with Gasteiger partial charge in [0, 0.05) is 37.6 Å². The molecule has 1 atom stereocenters. The number of nitrogens with zero attached hydrogens (tertiary/aromatic N) is 1. The van der Waals surface area contributed by atoms with Gasteiger partial charge >= 0.3 is 5.97 Å². The number of allylic oxidation sites excluding steroid dienone is 3. The van der Waals surface area contributed by atoms with E-state index >= 15 is 0 Å². The molecule has 0 radical (unpaired) electrons. The van der Waals surface area contributed by atoms with Crippen molar-refractivity contribution in [2.24, 2.45) is 0 Å². The molecule has 0 aromatic heterocycles. The molecule has 2 aromatic rings. The number of amides is 1. The van der Waals surface area contributed by atoms with Crippen molar-refractivity contribution >= 4 is 23.3 Å². The van der Waals surface area contributed by atoms with Gasteiger partial charge in [-0.2, -0.15) is 0 Å². The Morgan fingerprint density at radius 3 is 2.29 bits per heavy atom. The van der Waals surface area contributed by atoms with Crippen LogP contribution in [0.5, 0.6) is 11.5 Å². The first-order valence-electron chi connectivity index (χ1n) is 9.72. The van der Waals surface area contributed by atoms with Crippen molar-refractivity contribution in [3.8, 4) is 11.5 Å². The fourth-order valence-corrected chi connectivity index (χ4v) is 2.97. The van der Waals surface area contributed by atoms with Gasteiger partial charge in [-0.25, -0.2) is 4.79 Å². The second-order valence-electron chi connectivity index (χ2n) is 6.96. The Labute approximate surface area is 182 Å². The number of benzene rings is 2. The molecule has 2 N–H and O–H groups in total. The van der Waals surface area contributed by atoms with Crippen molar-refractivity contribution in [3.63, 3.8) is 0 Å². The molecule has 0 spiro atoms. The second kappa shape index (κ2) is 11.4. The van der Waals surface area contributed by atoms with Crippen LogP contribution in [0.15, 0.2) is 66.8 Å². The Hall–Kier alpha value is -3.74. The van der Waals surface area contributed by atoms with Gasteiger partial charge in [-0.1, -0.05) is 30.4 Å². The van der Waals surface area contributed by atoms with Crippen molar-refractivity contribution in [1.29, 1.82) is 0 Å². The molecule has 0 fully saturated rings. The molecule has 31 heavy (non-hydrogen) atoms. The summed E-state index contributed by atoms with van der Waals surface area (Å²) in [5.74, 6) is -0.572. The molecule has 164 valence electrons.